The Bertz CT molecular complexity index is 884. The summed E-state index contributed by atoms with van der Waals surface area (Å²) in [5, 5.41) is 8.31. The molecule has 0 saturated carbocycles. The molecule has 0 N–H and O–H groups in total. The third-order valence-corrected chi connectivity index (χ3v) is 4.87. The van der Waals surface area contributed by atoms with Crippen molar-refractivity contribution in [1.82, 2.24) is 24.8 Å². The van der Waals surface area contributed by atoms with Gasteiger partial charge < -0.3 is 4.52 Å². The zero-order valence-electron chi connectivity index (χ0n) is 14.5. The molecule has 1 saturated heterocycles. The molecule has 0 radical (unpaired) electrons. The van der Waals surface area contributed by atoms with Crippen LogP contribution >= 0.6 is 0 Å². The highest BCUT2D eigenvalue weighted by molar-refractivity contribution is 5.56. The van der Waals surface area contributed by atoms with Crippen LogP contribution in [-0.4, -0.2) is 37.9 Å². The molecule has 0 bridgehead atoms. The Balaban J connectivity index is 1.39. The first-order chi connectivity index (χ1) is 12.8. The number of hydrogen-bond acceptors (Lipinski definition) is 6. The van der Waals surface area contributed by atoms with Crippen molar-refractivity contribution in [2.45, 2.75) is 25.9 Å². The molecule has 4 rings (SSSR count). The van der Waals surface area contributed by atoms with Crippen LogP contribution in [0.5, 0.6) is 0 Å². The van der Waals surface area contributed by atoms with E-state index in [2.05, 4.69) is 20.1 Å². The summed E-state index contributed by atoms with van der Waals surface area (Å²) in [5.41, 5.74) is 2.83. The predicted molar refractivity (Wildman–Crippen MR) is 96.2 cm³/mol. The van der Waals surface area contributed by atoms with Crippen molar-refractivity contribution in [2.24, 2.45) is 5.92 Å². The predicted octanol–water partition coefficient (Wildman–Crippen LogP) is 2.21. The fourth-order valence-corrected chi connectivity index (χ4v) is 3.39. The highest BCUT2D eigenvalue weighted by Crippen LogP contribution is 2.20. The SMILES string of the molecule is O=c1ccc(-c2ccncc2)nn1CC1CCN(Cc2cnoc2)CC1. The van der Waals surface area contributed by atoms with E-state index < -0.39 is 0 Å². The van der Waals surface area contributed by atoms with Gasteiger partial charge in [-0.15, -0.1) is 0 Å². The monoisotopic (exact) mass is 351 g/mol. The lowest BCUT2D eigenvalue weighted by atomic mass is 9.96. The van der Waals surface area contributed by atoms with Gasteiger partial charge in [-0.25, -0.2) is 4.68 Å². The molecule has 0 atom stereocenters. The van der Waals surface area contributed by atoms with Gasteiger partial charge >= 0.3 is 0 Å². The number of rotatable bonds is 5. The van der Waals surface area contributed by atoms with E-state index in [1.54, 1.807) is 41.7 Å². The van der Waals surface area contributed by atoms with Crippen molar-refractivity contribution in [3.05, 3.63) is 65.0 Å². The van der Waals surface area contributed by atoms with Crippen LogP contribution in [0.25, 0.3) is 11.3 Å². The van der Waals surface area contributed by atoms with Crippen molar-refractivity contribution in [1.29, 1.82) is 0 Å². The maximum absolute atomic E-state index is 12.2. The molecule has 0 aliphatic carbocycles. The number of likely N-dealkylation sites (tertiary alicyclic amines) is 1. The van der Waals surface area contributed by atoms with Gasteiger partial charge in [0.15, 0.2) is 0 Å². The average Bonchev–Trinajstić information content (AvgIpc) is 3.19. The van der Waals surface area contributed by atoms with Crippen LogP contribution in [0.15, 0.2) is 58.4 Å². The summed E-state index contributed by atoms with van der Waals surface area (Å²) >= 11 is 0. The molecule has 3 aromatic heterocycles. The third kappa shape index (κ3) is 3.88. The van der Waals surface area contributed by atoms with E-state index in [9.17, 15) is 4.79 Å². The lowest BCUT2D eigenvalue weighted by Crippen LogP contribution is -2.36. The fourth-order valence-electron chi connectivity index (χ4n) is 3.39. The second-order valence-corrected chi connectivity index (χ2v) is 6.73. The summed E-state index contributed by atoms with van der Waals surface area (Å²) in [5.74, 6) is 0.464. The standard InChI is InChI=1S/C19H21N5O2/c25-19-2-1-18(17-3-7-20-8-4-17)22-24(19)13-15-5-9-23(10-6-15)12-16-11-21-26-14-16/h1-4,7-8,11,14-15H,5-6,9-10,12-13H2. The summed E-state index contributed by atoms with van der Waals surface area (Å²) in [6.45, 7) is 3.55. The molecular formula is C19H21N5O2. The second kappa shape index (κ2) is 7.61. The molecule has 0 amide bonds. The van der Waals surface area contributed by atoms with Gasteiger partial charge in [0, 0.05) is 42.7 Å². The van der Waals surface area contributed by atoms with Gasteiger partial charge in [0.2, 0.25) is 0 Å². The Morgan fingerprint density at radius 2 is 1.92 bits per heavy atom. The average molecular weight is 351 g/mol. The molecule has 0 unspecified atom stereocenters. The molecule has 0 spiro atoms. The van der Waals surface area contributed by atoms with Crippen LogP contribution in [0, 0.1) is 5.92 Å². The van der Waals surface area contributed by atoms with Crippen LogP contribution in [0.2, 0.25) is 0 Å². The Kier molecular flexibility index (Phi) is 4.88. The van der Waals surface area contributed by atoms with E-state index in [1.165, 1.54) is 0 Å². The lowest BCUT2D eigenvalue weighted by molar-refractivity contribution is 0.163. The second-order valence-electron chi connectivity index (χ2n) is 6.73. The minimum Gasteiger partial charge on any atom is -0.364 e. The van der Waals surface area contributed by atoms with E-state index in [1.807, 2.05) is 12.1 Å². The molecule has 3 aromatic rings. The van der Waals surface area contributed by atoms with Gasteiger partial charge in [0.25, 0.3) is 5.56 Å². The highest BCUT2D eigenvalue weighted by atomic mass is 16.5. The number of hydrogen-bond donors (Lipinski definition) is 0. The molecule has 1 fully saturated rings. The van der Waals surface area contributed by atoms with Gasteiger partial charge in [-0.2, -0.15) is 5.10 Å². The van der Waals surface area contributed by atoms with E-state index in [0.717, 1.165) is 49.3 Å². The maximum atomic E-state index is 12.2. The van der Waals surface area contributed by atoms with Crippen molar-refractivity contribution >= 4 is 0 Å². The molecule has 134 valence electrons. The normalized spacial score (nSPS) is 16.0. The van der Waals surface area contributed by atoms with Crippen LogP contribution in [0.1, 0.15) is 18.4 Å². The number of nitrogens with zero attached hydrogens (tertiary/aromatic N) is 5. The smallest absolute Gasteiger partial charge is 0.266 e. The van der Waals surface area contributed by atoms with Gasteiger partial charge in [-0.1, -0.05) is 5.16 Å². The van der Waals surface area contributed by atoms with Crippen molar-refractivity contribution in [3.63, 3.8) is 0 Å². The van der Waals surface area contributed by atoms with Gasteiger partial charge in [-0.3, -0.25) is 14.7 Å². The van der Waals surface area contributed by atoms with Crippen molar-refractivity contribution in [2.75, 3.05) is 13.1 Å². The summed E-state index contributed by atoms with van der Waals surface area (Å²) in [6, 6.07) is 7.18. The van der Waals surface area contributed by atoms with Gasteiger partial charge in [0.1, 0.15) is 6.26 Å². The lowest BCUT2D eigenvalue weighted by Gasteiger charge is -2.31. The van der Waals surface area contributed by atoms with Gasteiger partial charge in [-0.05, 0) is 50.0 Å². The summed E-state index contributed by atoms with van der Waals surface area (Å²) in [6.07, 6.45) is 9.04. The Hall–Kier alpha value is -2.80. The molecule has 1 aliphatic rings. The van der Waals surface area contributed by atoms with Crippen molar-refractivity contribution in [3.8, 4) is 11.3 Å². The van der Waals surface area contributed by atoms with Crippen LogP contribution in [0.4, 0.5) is 0 Å². The highest BCUT2D eigenvalue weighted by Gasteiger charge is 2.21. The summed E-state index contributed by atoms with van der Waals surface area (Å²) in [4.78, 5) is 18.6. The number of aromatic nitrogens is 4. The number of pyridine rings is 1. The Morgan fingerprint density at radius 3 is 2.65 bits per heavy atom. The number of piperidine rings is 1. The first-order valence-electron chi connectivity index (χ1n) is 8.87. The van der Waals surface area contributed by atoms with Gasteiger partial charge in [0.05, 0.1) is 11.9 Å². The van der Waals surface area contributed by atoms with E-state index >= 15 is 0 Å². The molecular weight excluding hydrogens is 330 g/mol. The quantitative estimate of drug-likeness (QED) is 0.701. The van der Waals surface area contributed by atoms with E-state index in [4.69, 9.17) is 4.52 Å². The minimum absolute atomic E-state index is 0.0466. The first kappa shape index (κ1) is 16.7. The third-order valence-electron chi connectivity index (χ3n) is 4.87. The molecule has 4 heterocycles. The molecule has 26 heavy (non-hydrogen) atoms. The molecule has 7 nitrogen and oxygen atoms in total. The van der Waals surface area contributed by atoms with Crippen LogP contribution in [-0.2, 0) is 13.1 Å². The summed E-state index contributed by atoms with van der Waals surface area (Å²) < 4.78 is 6.50. The van der Waals surface area contributed by atoms with Crippen LogP contribution in [0.3, 0.4) is 0 Å². The van der Waals surface area contributed by atoms with E-state index in [-0.39, 0.29) is 5.56 Å². The van der Waals surface area contributed by atoms with Crippen molar-refractivity contribution < 1.29 is 4.52 Å². The molecule has 1 aliphatic heterocycles. The fraction of sp³-hybridized carbons (Fsp3) is 0.368. The Labute approximate surface area is 151 Å². The van der Waals surface area contributed by atoms with Crippen LogP contribution < -0.4 is 5.56 Å². The zero-order chi connectivity index (χ0) is 17.8. The summed E-state index contributed by atoms with van der Waals surface area (Å²) in [7, 11) is 0. The first-order valence-corrected chi connectivity index (χ1v) is 8.87. The Morgan fingerprint density at radius 1 is 1.12 bits per heavy atom. The zero-order valence-corrected chi connectivity index (χ0v) is 14.5. The topological polar surface area (TPSA) is 77.1 Å². The largest absolute Gasteiger partial charge is 0.364 e. The molecule has 7 heteroatoms. The minimum atomic E-state index is -0.0466. The maximum Gasteiger partial charge on any atom is 0.266 e. The molecule has 0 aromatic carbocycles. The van der Waals surface area contributed by atoms with E-state index in [0.29, 0.717) is 12.5 Å².